The highest BCUT2D eigenvalue weighted by atomic mass is 16.3. The summed E-state index contributed by atoms with van der Waals surface area (Å²) in [7, 11) is 0. The summed E-state index contributed by atoms with van der Waals surface area (Å²) in [5.74, 6) is -0.329. The third-order valence-electron chi connectivity index (χ3n) is 5.74. The molecule has 3 aromatic carbocycles. The Morgan fingerprint density at radius 3 is 2.39 bits per heavy atom. The number of hydrogen-bond donors (Lipinski definition) is 1. The molecule has 2 heterocycles. The van der Waals surface area contributed by atoms with Gasteiger partial charge < -0.3 is 9.73 Å². The summed E-state index contributed by atoms with van der Waals surface area (Å²) in [6, 6.07) is 19.0. The molecule has 1 aromatic heterocycles. The molecule has 0 bridgehead atoms. The number of amides is 3. The van der Waals surface area contributed by atoms with Gasteiger partial charge in [-0.25, -0.2) is 0 Å². The Kier molecular flexibility index (Phi) is 4.55. The number of nitrogens with zero attached hydrogens (tertiary/aromatic N) is 1. The van der Waals surface area contributed by atoms with Crippen molar-refractivity contribution < 1.29 is 18.8 Å². The second-order valence-electron chi connectivity index (χ2n) is 7.74. The SMILES string of the molecule is Cc1c(C(=O)Nc2ccc(CN3C(=O)CCC3=O)cc2)oc2c1ccc1ccccc12. The van der Waals surface area contributed by atoms with E-state index >= 15 is 0 Å². The Morgan fingerprint density at radius 1 is 0.935 bits per heavy atom. The molecule has 0 aliphatic carbocycles. The Balaban J connectivity index is 1.37. The van der Waals surface area contributed by atoms with Gasteiger partial charge in [-0.2, -0.15) is 0 Å². The highest BCUT2D eigenvalue weighted by Crippen LogP contribution is 2.32. The fourth-order valence-electron chi connectivity index (χ4n) is 4.03. The van der Waals surface area contributed by atoms with Crippen LogP contribution >= 0.6 is 0 Å². The first kappa shape index (κ1) is 19.1. The van der Waals surface area contributed by atoms with Gasteiger partial charge >= 0.3 is 0 Å². The van der Waals surface area contributed by atoms with Gasteiger partial charge in [0.05, 0.1) is 6.54 Å². The van der Waals surface area contributed by atoms with Crippen LogP contribution in [0.3, 0.4) is 0 Å². The van der Waals surface area contributed by atoms with Crippen LogP contribution in [-0.4, -0.2) is 22.6 Å². The zero-order valence-corrected chi connectivity index (χ0v) is 17.0. The number of nitrogens with one attached hydrogen (secondary N) is 1. The summed E-state index contributed by atoms with van der Waals surface area (Å²) < 4.78 is 5.99. The molecule has 5 rings (SSSR count). The van der Waals surface area contributed by atoms with E-state index in [1.807, 2.05) is 43.3 Å². The van der Waals surface area contributed by atoms with E-state index in [1.165, 1.54) is 4.90 Å². The molecule has 0 spiro atoms. The lowest BCUT2D eigenvalue weighted by molar-refractivity contribution is -0.139. The van der Waals surface area contributed by atoms with Crippen molar-refractivity contribution in [2.75, 3.05) is 5.32 Å². The maximum atomic E-state index is 12.9. The van der Waals surface area contributed by atoms with Crippen molar-refractivity contribution in [1.29, 1.82) is 0 Å². The van der Waals surface area contributed by atoms with Crippen LogP contribution in [0.4, 0.5) is 5.69 Å². The molecule has 6 nitrogen and oxygen atoms in total. The van der Waals surface area contributed by atoms with E-state index in [0.717, 1.165) is 27.3 Å². The molecular weight excluding hydrogens is 392 g/mol. The Labute approximate surface area is 178 Å². The molecule has 1 aliphatic heterocycles. The summed E-state index contributed by atoms with van der Waals surface area (Å²) in [6.45, 7) is 2.13. The zero-order chi connectivity index (χ0) is 21.5. The number of likely N-dealkylation sites (tertiary alicyclic amines) is 1. The van der Waals surface area contributed by atoms with Crippen molar-refractivity contribution >= 4 is 45.2 Å². The van der Waals surface area contributed by atoms with Crippen molar-refractivity contribution in [1.82, 2.24) is 4.90 Å². The maximum Gasteiger partial charge on any atom is 0.291 e. The smallest absolute Gasteiger partial charge is 0.291 e. The van der Waals surface area contributed by atoms with Crippen LogP contribution in [-0.2, 0) is 16.1 Å². The van der Waals surface area contributed by atoms with Crippen LogP contribution in [0.25, 0.3) is 21.7 Å². The average molecular weight is 412 g/mol. The van der Waals surface area contributed by atoms with E-state index in [9.17, 15) is 14.4 Å². The van der Waals surface area contributed by atoms with Gasteiger partial charge in [0.2, 0.25) is 11.8 Å². The molecule has 154 valence electrons. The van der Waals surface area contributed by atoms with Gasteiger partial charge in [0.1, 0.15) is 5.58 Å². The topological polar surface area (TPSA) is 79.6 Å². The van der Waals surface area contributed by atoms with E-state index in [-0.39, 0.29) is 42.9 Å². The van der Waals surface area contributed by atoms with Crippen LogP contribution in [0.2, 0.25) is 0 Å². The van der Waals surface area contributed by atoms with Gasteiger partial charge in [0.15, 0.2) is 5.76 Å². The Morgan fingerprint density at radius 2 is 1.65 bits per heavy atom. The molecule has 1 saturated heterocycles. The van der Waals surface area contributed by atoms with Gasteiger partial charge in [-0.05, 0) is 30.0 Å². The van der Waals surface area contributed by atoms with Crippen LogP contribution in [0.1, 0.15) is 34.5 Å². The molecule has 1 aliphatic rings. The van der Waals surface area contributed by atoms with Crippen LogP contribution in [0.5, 0.6) is 0 Å². The lowest BCUT2D eigenvalue weighted by Crippen LogP contribution is -2.28. The molecule has 0 unspecified atom stereocenters. The third-order valence-corrected chi connectivity index (χ3v) is 5.74. The van der Waals surface area contributed by atoms with Gasteiger partial charge in [-0.3, -0.25) is 19.3 Å². The van der Waals surface area contributed by atoms with Gasteiger partial charge in [0, 0.05) is 34.9 Å². The van der Waals surface area contributed by atoms with Crippen molar-refractivity contribution in [3.05, 3.63) is 77.6 Å². The summed E-state index contributed by atoms with van der Waals surface area (Å²) >= 11 is 0. The number of carbonyl (C=O) groups excluding carboxylic acids is 3. The Bertz CT molecular complexity index is 1340. The number of rotatable bonds is 4. The molecule has 1 N–H and O–H groups in total. The number of hydrogen-bond acceptors (Lipinski definition) is 4. The fraction of sp³-hybridized carbons (Fsp3) is 0.160. The van der Waals surface area contributed by atoms with E-state index in [1.54, 1.807) is 24.3 Å². The number of carbonyl (C=O) groups is 3. The van der Waals surface area contributed by atoms with Crippen molar-refractivity contribution in [2.24, 2.45) is 0 Å². The summed E-state index contributed by atoms with van der Waals surface area (Å²) in [4.78, 5) is 37.7. The Hall–Kier alpha value is -3.93. The molecule has 0 atom stereocenters. The molecule has 31 heavy (non-hydrogen) atoms. The third kappa shape index (κ3) is 3.36. The minimum absolute atomic E-state index is 0.143. The predicted molar refractivity (Wildman–Crippen MR) is 118 cm³/mol. The summed E-state index contributed by atoms with van der Waals surface area (Å²) in [5, 5.41) is 5.81. The number of anilines is 1. The lowest BCUT2D eigenvalue weighted by atomic mass is 10.1. The van der Waals surface area contributed by atoms with E-state index in [4.69, 9.17) is 4.42 Å². The highest BCUT2D eigenvalue weighted by molar-refractivity contribution is 6.11. The number of benzene rings is 3. The van der Waals surface area contributed by atoms with Gasteiger partial charge in [-0.1, -0.05) is 48.5 Å². The van der Waals surface area contributed by atoms with Gasteiger partial charge in [-0.15, -0.1) is 0 Å². The van der Waals surface area contributed by atoms with E-state index in [0.29, 0.717) is 11.3 Å². The normalized spacial score (nSPS) is 14.0. The first-order chi connectivity index (χ1) is 15.0. The molecule has 6 heteroatoms. The minimum Gasteiger partial charge on any atom is -0.450 e. The summed E-state index contributed by atoms with van der Waals surface area (Å²) in [6.07, 6.45) is 0.554. The zero-order valence-electron chi connectivity index (χ0n) is 17.0. The van der Waals surface area contributed by atoms with E-state index in [2.05, 4.69) is 5.32 Å². The average Bonchev–Trinajstić information content (AvgIpc) is 3.29. The predicted octanol–water partition coefficient (Wildman–Crippen LogP) is 4.80. The molecule has 4 aromatic rings. The number of fused-ring (bicyclic) bond motifs is 3. The minimum atomic E-state index is -0.324. The fourth-order valence-corrected chi connectivity index (χ4v) is 4.03. The van der Waals surface area contributed by atoms with Crippen molar-refractivity contribution in [3.8, 4) is 0 Å². The molecule has 0 saturated carbocycles. The lowest BCUT2D eigenvalue weighted by Gasteiger charge is -2.14. The first-order valence-corrected chi connectivity index (χ1v) is 10.2. The molecular formula is C25H20N2O4. The van der Waals surface area contributed by atoms with Crippen LogP contribution < -0.4 is 5.32 Å². The largest absolute Gasteiger partial charge is 0.450 e. The second kappa shape index (κ2) is 7.40. The van der Waals surface area contributed by atoms with E-state index < -0.39 is 0 Å². The maximum absolute atomic E-state index is 12.9. The number of furan rings is 1. The van der Waals surface area contributed by atoms with Crippen molar-refractivity contribution in [2.45, 2.75) is 26.3 Å². The number of aryl methyl sites for hydroxylation is 1. The molecule has 3 amide bonds. The molecule has 1 fully saturated rings. The second-order valence-corrected chi connectivity index (χ2v) is 7.74. The number of imide groups is 1. The van der Waals surface area contributed by atoms with Crippen molar-refractivity contribution in [3.63, 3.8) is 0 Å². The highest BCUT2D eigenvalue weighted by Gasteiger charge is 2.28. The summed E-state index contributed by atoms with van der Waals surface area (Å²) in [5.41, 5.74) is 2.93. The standard InChI is InChI=1S/C25H20N2O4/c1-15-19-11-8-17-4-2-3-5-20(17)24(19)31-23(15)25(30)26-18-9-6-16(7-10-18)14-27-21(28)12-13-22(27)29/h2-11H,12-14H2,1H3,(H,26,30). The quantitative estimate of drug-likeness (QED) is 0.489. The first-order valence-electron chi connectivity index (χ1n) is 10.2. The van der Waals surface area contributed by atoms with Gasteiger partial charge in [0.25, 0.3) is 5.91 Å². The molecule has 0 radical (unpaired) electrons. The van der Waals surface area contributed by atoms with Crippen LogP contribution in [0.15, 0.2) is 65.1 Å². The van der Waals surface area contributed by atoms with Crippen LogP contribution in [0, 0.1) is 6.92 Å². The monoisotopic (exact) mass is 412 g/mol.